The Hall–Kier alpha value is -1.88. The van der Waals surface area contributed by atoms with Gasteiger partial charge in [0.05, 0.1) is 6.61 Å². The van der Waals surface area contributed by atoms with Crippen LogP contribution in [0.5, 0.6) is 0 Å². The molecule has 0 saturated heterocycles. The number of carbonyl (C=O) groups is 2. The lowest BCUT2D eigenvalue weighted by molar-refractivity contribution is -0.150. The van der Waals surface area contributed by atoms with Crippen molar-refractivity contribution in [2.75, 3.05) is 6.61 Å². The van der Waals surface area contributed by atoms with Gasteiger partial charge in [0, 0.05) is 6.42 Å². The summed E-state index contributed by atoms with van der Waals surface area (Å²) in [7, 11) is 0. The number of hydrogen-bond donors (Lipinski definition) is 3. The number of amides is 1. The summed E-state index contributed by atoms with van der Waals surface area (Å²) in [4.78, 5) is 22.7. The summed E-state index contributed by atoms with van der Waals surface area (Å²) in [5.74, 6) is -1.71. The van der Waals surface area contributed by atoms with E-state index in [-0.39, 0.29) is 6.42 Å². The second-order valence-electron chi connectivity index (χ2n) is 3.64. The Bertz CT molecular complexity index is 404. The molecule has 1 rings (SSSR count). The largest absolute Gasteiger partial charge is 0.479 e. The summed E-state index contributed by atoms with van der Waals surface area (Å²) in [6.07, 6.45) is 0.155. The maximum absolute atomic E-state index is 11.4. The molecule has 17 heavy (non-hydrogen) atoms. The molecule has 0 aromatic heterocycles. The molecule has 0 bridgehead atoms. The van der Waals surface area contributed by atoms with Gasteiger partial charge in [-0.05, 0) is 5.56 Å². The number of hydrogen-bond acceptors (Lipinski definition) is 3. The molecule has 0 fully saturated rings. The number of carbonyl (C=O) groups excluding carboxylic acids is 1. The molecule has 0 radical (unpaired) electrons. The van der Waals surface area contributed by atoms with Crippen molar-refractivity contribution >= 4 is 11.9 Å². The topological polar surface area (TPSA) is 86.6 Å². The van der Waals surface area contributed by atoms with Crippen molar-refractivity contribution in [2.24, 2.45) is 0 Å². The van der Waals surface area contributed by atoms with Crippen LogP contribution < -0.4 is 5.32 Å². The molecule has 0 heterocycles. The minimum absolute atomic E-state index is 0.155. The number of benzene rings is 1. The molecule has 1 aromatic carbocycles. The number of carboxylic acid groups (broad SMARTS) is 1. The van der Waals surface area contributed by atoms with E-state index in [9.17, 15) is 19.8 Å². The van der Waals surface area contributed by atoms with E-state index in [1.807, 2.05) is 0 Å². The molecule has 0 spiro atoms. The van der Waals surface area contributed by atoms with Crippen LogP contribution in [0.4, 0.5) is 0 Å². The normalized spacial score (nSPS) is 13.8. The van der Waals surface area contributed by atoms with Crippen molar-refractivity contribution in [3.05, 3.63) is 35.9 Å². The third-order valence-corrected chi connectivity index (χ3v) is 2.54. The Kier molecular flexibility index (Phi) is 4.23. The molecule has 1 unspecified atom stereocenters. The van der Waals surface area contributed by atoms with Crippen molar-refractivity contribution in [3.8, 4) is 0 Å². The van der Waals surface area contributed by atoms with Gasteiger partial charge in [-0.1, -0.05) is 37.3 Å². The van der Waals surface area contributed by atoms with Crippen LogP contribution in [-0.4, -0.2) is 28.7 Å². The molecule has 1 atom stereocenters. The van der Waals surface area contributed by atoms with E-state index in [0.717, 1.165) is 0 Å². The summed E-state index contributed by atoms with van der Waals surface area (Å²) < 4.78 is 0. The number of aliphatic hydroxyl groups excluding tert-OH is 1. The quantitative estimate of drug-likeness (QED) is 0.695. The molecule has 92 valence electrons. The molecule has 0 saturated carbocycles. The number of carboxylic acids is 1. The fraction of sp³-hybridized carbons (Fsp3) is 0.333. The van der Waals surface area contributed by atoms with Gasteiger partial charge in [0.1, 0.15) is 0 Å². The highest BCUT2D eigenvalue weighted by Crippen LogP contribution is 2.21. The van der Waals surface area contributed by atoms with Gasteiger partial charge in [0.25, 0.3) is 0 Å². The van der Waals surface area contributed by atoms with Crippen LogP contribution in [-0.2, 0) is 15.1 Å². The first-order valence-electron chi connectivity index (χ1n) is 5.27. The molecular weight excluding hydrogens is 222 g/mol. The molecule has 5 heteroatoms. The van der Waals surface area contributed by atoms with E-state index < -0.39 is 24.0 Å². The molecule has 1 aromatic rings. The van der Waals surface area contributed by atoms with E-state index in [0.29, 0.717) is 5.56 Å². The summed E-state index contributed by atoms with van der Waals surface area (Å²) in [5, 5.41) is 21.0. The van der Waals surface area contributed by atoms with Gasteiger partial charge >= 0.3 is 5.97 Å². The van der Waals surface area contributed by atoms with Crippen LogP contribution in [0.3, 0.4) is 0 Å². The van der Waals surface area contributed by atoms with Gasteiger partial charge in [-0.25, -0.2) is 4.79 Å². The van der Waals surface area contributed by atoms with Gasteiger partial charge in [0.15, 0.2) is 5.54 Å². The van der Waals surface area contributed by atoms with Crippen molar-refractivity contribution in [3.63, 3.8) is 0 Å². The Balaban J connectivity index is 3.18. The summed E-state index contributed by atoms with van der Waals surface area (Å²) in [6, 6.07) is 8.15. The van der Waals surface area contributed by atoms with Crippen LogP contribution >= 0.6 is 0 Å². The van der Waals surface area contributed by atoms with Crippen LogP contribution in [0.2, 0.25) is 0 Å². The van der Waals surface area contributed by atoms with Crippen LogP contribution in [0.25, 0.3) is 0 Å². The molecule has 1 amide bonds. The predicted octanol–water partition coefficient (Wildman–Crippen LogP) is 0.485. The maximum atomic E-state index is 11.4. The fourth-order valence-electron chi connectivity index (χ4n) is 1.50. The minimum atomic E-state index is -1.77. The molecule has 0 aliphatic heterocycles. The molecule has 0 aliphatic carbocycles. The van der Waals surface area contributed by atoms with E-state index in [1.54, 1.807) is 37.3 Å². The number of nitrogens with one attached hydrogen (secondary N) is 1. The van der Waals surface area contributed by atoms with E-state index in [4.69, 9.17) is 0 Å². The fourth-order valence-corrected chi connectivity index (χ4v) is 1.50. The highest BCUT2D eigenvalue weighted by molar-refractivity contribution is 5.88. The molecular formula is C12H15NO4. The van der Waals surface area contributed by atoms with Gasteiger partial charge < -0.3 is 15.5 Å². The molecule has 0 aliphatic rings. The highest BCUT2D eigenvalue weighted by Gasteiger charge is 2.41. The standard InChI is InChI=1S/C12H15NO4/c1-2-10(15)13-12(8-14,11(16)17)9-6-4-3-5-7-9/h3-7,14H,2,8H2,1H3,(H,13,15)(H,16,17). The van der Waals surface area contributed by atoms with Crippen molar-refractivity contribution in [2.45, 2.75) is 18.9 Å². The zero-order valence-electron chi connectivity index (χ0n) is 9.51. The van der Waals surface area contributed by atoms with Gasteiger partial charge in [0.2, 0.25) is 5.91 Å². The number of rotatable bonds is 5. The Morgan fingerprint density at radius 2 is 1.88 bits per heavy atom. The monoisotopic (exact) mass is 237 g/mol. The number of aliphatic carboxylic acids is 1. The van der Waals surface area contributed by atoms with E-state index in [1.165, 1.54) is 0 Å². The van der Waals surface area contributed by atoms with Crippen LogP contribution in [0.1, 0.15) is 18.9 Å². The van der Waals surface area contributed by atoms with E-state index >= 15 is 0 Å². The van der Waals surface area contributed by atoms with Crippen LogP contribution in [0, 0.1) is 0 Å². The molecule has 5 nitrogen and oxygen atoms in total. The van der Waals surface area contributed by atoms with Crippen LogP contribution in [0.15, 0.2) is 30.3 Å². The van der Waals surface area contributed by atoms with Gasteiger partial charge in [-0.2, -0.15) is 0 Å². The predicted molar refractivity (Wildman–Crippen MR) is 61.3 cm³/mol. The van der Waals surface area contributed by atoms with Crippen molar-refractivity contribution in [1.82, 2.24) is 5.32 Å². The minimum Gasteiger partial charge on any atom is -0.479 e. The number of aliphatic hydroxyl groups is 1. The second-order valence-corrected chi connectivity index (χ2v) is 3.64. The first kappa shape index (κ1) is 13.2. The van der Waals surface area contributed by atoms with Crippen molar-refractivity contribution in [1.29, 1.82) is 0 Å². The Morgan fingerprint density at radius 1 is 1.29 bits per heavy atom. The highest BCUT2D eigenvalue weighted by atomic mass is 16.4. The third kappa shape index (κ3) is 2.62. The van der Waals surface area contributed by atoms with Crippen molar-refractivity contribution < 1.29 is 19.8 Å². The maximum Gasteiger partial charge on any atom is 0.336 e. The first-order valence-corrected chi connectivity index (χ1v) is 5.27. The zero-order chi connectivity index (χ0) is 12.9. The van der Waals surface area contributed by atoms with Gasteiger partial charge in [-0.3, -0.25) is 4.79 Å². The average Bonchev–Trinajstić information content (AvgIpc) is 2.36. The average molecular weight is 237 g/mol. The lowest BCUT2D eigenvalue weighted by Crippen LogP contribution is -2.54. The Labute approximate surface area is 99.1 Å². The summed E-state index contributed by atoms with van der Waals surface area (Å²) in [6.45, 7) is 0.919. The van der Waals surface area contributed by atoms with E-state index in [2.05, 4.69) is 5.32 Å². The SMILES string of the molecule is CCC(=O)NC(CO)(C(=O)O)c1ccccc1. The first-order chi connectivity index (χ1) is 8.06. The summed E-state index contributed by atoms with van der Waals surface area (Å²) >= 11 is 0. The lowest BCUT2D eigenvalue weighted by Gasteiger charge is -2.28. The zero-order valence-corrected chi connectivity index (χ0v) is 9.51. The smallest absolute Gasteiger partial charge is 0.336 e. The second kappa shape index (κ2) is 5.45. The third-order valence-electron chi connectivity index (χ3n) is 2.54. The molecule has 3 N–H and O–H groups in total. The van der Waals surface area contributed by atoms with Gasteiger partial charge in [-0.15, -0.1) is 0 Å². The summed E-state index contributed by atoms with van der Waals surface area (Å²) in [5.41, 5.74) is -1.43. The Morgan fingerprint density at radius 3 is 2.29 bits per heavy atom. The lowest BCUT2D eigenvalue weighted by atomic mass is 9.90.